The van der Waals surface area contributed by atoms with Crippen LogP contribution in [0.15, 0.2) is 22.7 Å². The summed E-state index contributed by atoms with van der Waals surface area (Å²) in [6, 6.07) is 4.96. The maximum atomic E-state index is 10.6. The van der Waals surface area contributed by atoms with Crippen LogP contribution in [0.4, 0.5) is 5.69 Å². The van der Waals surface area contributed by atoms with Gasteiger partial charge in [-0.2, -0.15) is 11.8 Å². The van der Waals surface area contributed by atoms with E-state index >= 15 is 0 Å². The van der Waals surface area contributed by atoms with Gasteiger partial charge in [0, 0.05) is 22.4 Å². The average molecular weight is 317 g/mol. The van der Waals surface area contributed by atoms with Gasteiger partial charge in [-0.3, -0.25) is 10.1 Å². The highest BCUT2D eigenvalue weighted by molar-refractivity contribution is 9.10. The van der Waals surface area contributed by atoms with Crippen LogP contribution in [-0.2, 0) is 5.75 Å². The van der Waals surface area contributed by atoms with E-state index in [9.17, 15) is 10.1 Å². The van der Waals surface area contributed by atoms with Gasteiger partial charge in [0.15, 0.2) is 0 Å². The van der Waals surface area contributed by atoms with Crippen LogP contribution >= 0.6 is 27.7 Å². The lowest BCUT2D eigenvalue weighted by atomic mass is 10.1. The van der Waals surface area contributed by atoms with E-state index in [4.69, 9.17) is 0 Å². The predicted octanol–water partition coefficient (Wildman–Crippen LogP) is 2.81. The number of hydrogen-bond donors (Lipinski definition) is 1. The number of rotatable bonds is 5. The molecule has 17 heavy (non-hydrogen) atoms. The zero-order valence-corrected chi connectivity index (χ0v) is 11.6. The summed E-state index contributed by atoms with van der Waals surface area (Å²) in [4.78, 5) is 10.2. The molecule has 1 saturated heterocycles. The number of nitro benzene ring substituents is 1. The van der Waals surface area contributed by atoms with E-state index in [0.29, 0.717) is 0 Å². The van der Waals surface area contributed by atoms with Crippen molar-refractivity contribution >= 4 is 33.4 Å². The highest BCUT2D eigenvalue weighted by Crippen LogP contribution is 2.27. The zero-order valence-electron chi connectivity index (χ0n) is 9.19. The number of thioether (sulfide) groups is 1. The van der Waals surface area contributed by atoms with Crippen LogP contribution in [-0.4, -0.2) is 23.8 Å². The molecule has 1 aliphatic heterocycles. The van der Waals surface area contributed by atoms with Crippen LogP contribution in [0.25, 0.3) is 0 Å². The molecule has 0 aromatic heterocycles. The van der Waals surface area contributed by atoms with Crippen LogP contribution in [0.2, 0.25) is 0 Å². The van der Waals surface area contributed by atoms with E-state index < -0.39 is 0 Å². The Morgan fingerprint density at radius 2 is 2.29 bits per heavy atom. The summed E-state index contributed by atoms with van der Waals surface area (Å²) in [5, 5.41) is 13.8. The molecule has 1 aromatic carbocycles. The number of non-ortho nitro benzene ring substituents is 1. The fourth-order valence-corrected chi connectivity index (χ4v) is 3.42. The molecule has 0 bridgehead atoms. The molecule has 4 nitrogen and oxygen atoms in total. The van der Waals surface area contributed by atoms with Crippen molar-refractivity contribution in [1.82, 2.24) is 5.32 Å². The van der Waals surface area contributed by atoms with Crippen LogP contribution in [0.5, 0.6) is 0 Å². The van der Waals surface area contributed by atoms with Crippen molar-refractivity contribution in [3.63, 3.8) is 0 Å². The molecule has 0 amide bonds. The Morgan fingerprint density at radius 3 is 2.82 bits per heavy atom. The molecule has 92 valence electrons. The van der Waals surface area contributed by atoms with Gasteiger partial charge in [-0.25, -0.2) is 0 Å². The number of benzene rings is 1. The Bertz CT molecular complexity index is 424. The van der Waals surface area contributed by atoms with Crippen LogP contribution in [0.3, 0.4) is 0 Å². The zero-order chi connectivity index (χ0) is 12.3. The van der Waals surface area contributed by atoms with Crippen molar-refractivity contribution in [2.24, 2.45) is 5.92 Å². The molecule has 1 aliphatic rings. The van der Waals surface area contributed by atoms with Gasteiger partial charge in [0.25, 0.3) is 5.69 Å². The van der Waals surface area contributed by atoms with Crippen molar-refractivity contribution in [2.45, 2.75) is 5.75 Å². The molecule has 0 unspecified atom stereocenters. The summed E-state index contributed by atoms with van der Waals surface area (Å²) in [6.45, 7) is 2.24. The van der Waals surface area contributed by atoms with Gasteiger partial charge in [0.1, 0.15) is 0 Å². The van der Waals surface area contributed by atoms with E-state index in [1.807, 2.05) is 17.8 Å². The van der Waals surface area contributed by atoms with Crippen molar-refractivity contribution in [1.29, 1.82) is 0 Å². The Kier molecular flexibility index (Phi) is 4.42. The van der Waals surface area contributed by atoms with E-state index in [0.717, 1.165) is 40.5 Å². The summed E-state index contributed by atoms with van der Waals surface area (Å²) in [5.74, 6) is 2.84. The molecule has 0 spiro atoms. The Hall–Kier alpha value is -0.590. The largest absolute Gasteiger partial charge is 0.316 e. The molecule has 0 radical (unpaired) electrons. The Labute approximate surface area is 112 Å². The van der Waals surface area contributed by atoms with Gasteiger partial charge in [0.2, 0.25) is 0 Å². The number of halogens is 1. The second-order valence-corrected chi connectivity index (χ2v) is 5.96. The van der Waals surface area contributed by atoms with Crippen molar-refractivity contribution < 1.29 is 4.92 Å². The van der Waals surface area contributed by atoms with Crippen molar-refractivity contribution in [2.75, 3.05) is 18.8 Å². The molecule has 0 atom stereocenters. The van der Waals surface area contributed by atoms with Gasteiger partial charge < -0.3 is 5.32 Å². The lowest BCUT2D eigenvalue weighted by molar-refractivity contribution is -0.384. The third-order valence-electron chi connectivity index (χ3n) is 2.72. The lowest BCUT2D eigenvalue weighted by Crippen LogP contribution is -2.43. The highest BCUT2D eigenvalue weighted by Gasteiger charge is 2.16. The summed E-state index contributed by atoms with van der Waals surface area (Å²) >= 11 is 5.26. The first-order valence-corrected chi connectivity index (χ1v) is 7.33. The van der Waals surface area contributed by atoms with Gasteiger partial charge in [0.05, 0.1) is 4.92 Å². The fourth-order valence-electron chi connectivity index (χ4n) is 1.57. The molecule has 1 fully saturated rings. The summed E-state index contributed by atoms with van der Waals surface area (Å²) in [5.41, 5.74) is 1.25. The molecule has 1 N–H and O–H groups in total. The van der Waals surface area contributed by atoms with Gasteiger partial charge >= 0.3 is 0 Å². The number of nitrogens with one attached hydrogen (secondary N) is 1. The SMILES string of the molecule is O=[N+]([O-])c1ccc(CSCC2CNC2)c(Br)c1. The Morgan fingerprint density at radius 1 is 1.53 bits per heavy atom. The third kappa shape index (κ3) is 3.43. The minimum Gasteiger partial charge on any atom is -0.316 e. The normalized spacial score (nSPS) is 15.6. The highest BCUT2D eigenvalue weighted by atomic mass is 79.9. The maximum absolute atomic E-state index is 10.6. The summed E-state index contributed by atoms with van der Waals surface area (Å²) in [7, 11) is 0. The smallest absolute Gasteiger partial charge is 0.270 e. The maximum Gasteiger partial charge on any atom is 0.270 e. The molecular formula is C11H13BrN2O2S. The lowest BCUT2D eigenvalue weighted by Gasteiger charge is -2.26. The molecule has 1 heterocycles. The second kappa shape index (κ2) is 5.84. The van der Waals surface area contributed by atoms with E-state index in [2.05, 4.69) is 21.2 Å². The second-order valence-electron chi connectivity index (χ2n) is 4.07. The average Bonchev–Trinajstić information content (AvgIpc) is 2.23. The van der Waals surface area contributed by atoms with Gasteiger partial charge in [-0.15, -0.1) is 0 Å². The van der Waals surface area contributed by atoms with Gasteiger partial charge in [-0.05, 0) is 30.3 Å². The predicted molar refractivity (Wildman–Crippen MR) is 73.3 cm³/mol. The van der Waals surface area contributed by atoms with E-state index in [-0.39, 0.29) is 10.6 Å². The first-order chi connectivity index (χ1) is 8.16. The van der Waals surface area contributed by atoms with E-state index in [1.54, 1.807) is 12.1 Å². The van der Waals surface area contributed by atoms with Crippen LogP contribution in [0.1, 0.15) is 5.56 Å². The number of hydrogen-bond acceptors (Lipinski definition) is 4. The summed E-state index contributed by atoms with van der Waals surface area (Å²) in [6.07, 6.45) is 0. The monoisotopic (exact) mass is 316 g/mol. The minimum atomic E-state index is -0.373. The number of nitro groups is 1. The molecule has 0 saturated carbocycles. The van der Waals surface area contributed by atoms with Crippen LogP contribution in [0, 0.1) is 16.0 Å². The topological polar surface area (TPSA) is 55.2 Å². The molecular weight excluding hydrogens is 304 g/mol. The van der Waals surface area contributed by atoms with Gasteiger partial charge in [-0.1, -0.05) is 22.0 Å². The third-order valence-corrected chi connectivity index (χ3v) is 4.69. The molecule has 0 aliphatic carbocycles. The van der Waals surface area contributed by atoms with Crippen molar-refractivity contribution in [3.05, 3.63) is 38.3 Å². The summed E-state index contributed by atoms with van der Waals surface area (Å²) < 4.78 is 0.825. The number of nitrogens with zero attached hydrogens (tertiary/aromatic N) is 1. The van der Waals surface area contributed by atoms with E-state index in [1.165, 1.54) is 0 Å². The first kappa shape index (κ1) is 12.9. The Balaban J connectivity index is 1.89. The molecule has 1 aromatic rings. The fraction of sp³-hybridized carbons (Fsp3) is 0.455. The van der Waals surface area contributed by atoms with Crippen LogP contribution < -0.4 is 5.32 Å². The first-order valence-electron chi connectivity index (χ1n) is 5.38. The minimum absolute atomic E-state index is 0.133. The molecule has 6 heteroatoms. The quantitative estimate of drug-likeness (QED) is 0.670. The standard InChI is InChI=1S/C11H13BrN2O2S/c12-11-3-10(14(15)16)2-1-9(11)7-17-6-8-4-13-5-8/h1-3,8,13H,4-7H2. The van der Waals surface area contributed by atoms with Crippen molar-refractivity contribution in [3.8, 4) is 0 Å². The molecule has 2 rings (SSSR count).